The monoisotopic (exact) mass is 295 g/mol. The molecule has 0 spiro atoms. The molecule has 0 saturated carbocycles. The van der Waals surface area contributed by atoms with Crippen LogP contribution in [0.25, 0.3) is 0 Å². The van der Waals surface area contributed by atoms with Gasteiger partial charge in [-0.25, -0.2) is 2.51 Å². The van der Waals surface area contributed by atoms with E-state index in [0.29, 0.717) is 0 Å². The van der Waals surface area contributed by atoms with E-state index < -0.39 is 0 Å². The maximum Gasteiger partial charge on any atom is 0.129 e. The minimum Gasteiger partial charge on any atom is -0.306 e. The zero-order chi connectivity index (χ0) is 8.97. The highest BCUT2D eigenvalue weighted by molar-refractivity contribution is 14.1. The summed E-state index contributed by atoms with van der Waals surface area (Å²) >= 11 is 3.05. The van der Waals surface area contributed by atoms with E-state index in [4.69, 9.17) is 2.51 Å². The van der Waals surface area contributed by atoms with Gasteiger partial charge in [-0.1, -0.05) is 17.7 Å². The Labute approximate surface area is 91.1 Å². The maximum atomic E-state index is 4.81. The number of rotatable bonds is 3. The second kappa shape index (κ2) is 4.94. The van der Waals surface area contributed by atoms with Crippen LogP contribution in [0.5, 0.6) is 0 Å². The van der Waals surface area contributed by atoms with Gasteiger partial charge in [-0.3, -0.25) is 0 Å². The van der Waals surface area contributed by atoms with Crippen LogP contribution in [0, 0.1) is 13.8 Å². The van der Waals surface area contributed by atoms with Crippen LogP contribution in [0.15, 0.2) is 18.2 Å². The lowest BCUT2D eigenvalue weighted by molar-refractivity contribution is 0.847. The topological polar surface area (TPSA) is 21.3 Å². The van der Waals surface area contributed by atoms with Crippen molar-refractivity contribution in [3.63, 3.8) is 0 Å². The van der Waals surface area contributed by atoms with Crippen LogP contribution in [0.4, 0.5) is 5.69 Å². The van der Waals surface area contributed by atoms with Crippen LogP contribution in [-0.2, 0) is 2.51 Å². The third-order valence-electron chi connectivity index (χ3n) is 1.57. The van der Waals surface area contributed by atoms with Crippen molar-refractivity contribution in [3.8, 4) is 0 Å². The molecule has 1 aromatic rings. The molecule has 4 heteroatoms. The van der Waals surface area contributed by atoms with Crippen molar-refractivity contribution in [1.82, 2.24) is 0 Å². The molecule has 12 heavy (non-hydrogen) atoms. The predicted molar refractivity (Wildman–Crippen MR) is 62.2 cm³/mol. The molecular formula is C8H10INOS. The van der Waals surface area contributed by atoms with Crippen LogP contribution in [0.1, 0.15) is 11.1 Å². The third-order valence-corrected chi connectivity index (χ3v) is 2.47. The quantitative estimate of drug-likeness (QED) is 0.522. The fraction of sp³-hybridized carbons (Fsp3) is 0.250. The van der Waals surface area contributed by atoms with Gasteiger partial charge in [0.2, 0.25) is 0 Å². The summed E-state index contributed by atoms with van der Waals surface area (Å²) in [6.07, 6.45) is 0. The molecule has 0 amide bonds. The van der Waals surface area contributed by atoms with Crippen molar-refractivity contribution in [1.29, 1.82) is 0 Å². The number of anilines is 1. The minimum atomic E-state index is 1.10. The van der Waals surface area contributed by atoms with Gasteiger partial charge in [-0.2, -0.15) is 0 Å². The van der Waals surface area contributed by atoms with E-state index >= 15 is 0 Å². The largest absolute Gasteiger partial charge is 0.306 e. The van der Waals surface area contributed by atoms with Crippen LogP contribution in [-0.4, -0.2) is 0 Å². The average Bonchev–Trinajstić information content (AvgIpc) is 2.03. The molecular weight excluding hydrogens is 285 g/mol. The molecule has 1 aromatic carbocycles. The summed E-state index contributed by atoms with van der Waals surface area (Å²) in [5, 5.41) is 0. The molecule has 0 fully saturated rings. The Hall–Kier alpha value is 0.0600. The van der Waals surface area contributed by atoms with Crippen LogP contribution in [0.3, 0.4) is 0 Å². The zero-order valence-electron chi connectivity index (χ0n) is 6.93. The van der Waals surface area contributed by atoms with E-state index in [1.165, 1.54) is 23.4 Å². The Bertz CT molecular complexity index is 267. The molecule has 0 atom stereocenters. The van der Waals surface area contributed by atoms with Gasteiger partial charge in [0.25, 0.3) is 0 Å². The van der Waals surface area contributed by atoms with Gasteiger partial charge in [0.05, 0.1) is 0 Å². The molecule has 0 saturated heterocycles. The lowest BCUT2D eigenvalue weighted by Crippen LogP contribution is -1.89. The molecule has 2 nitrogen and oxygen atoms in total. The first kappa shape index (κ1) is 10.1. The predicted octanol–water partition coefficient (Wildman–Crippen LogP) is 3.65. The smallest absolute Gasteiger partial charge is 0.129 e. The molecule has 0 unspecified atom stereocenters. The highest BCUT2D eigenvalue weighted by Crippen LogP contribution is 2.20. The third kappa shape index (κ3) is 2.84. The Morgan fingerprint density at radius 1 is 1.42 bits per heavy atom. The summed E-state index contributed by atoms with van der Waals surface area (Å²) < 4.78 is 7.88. The summed E-state index contributed by atoms with van der Waals surface area (Å²) in [4.78, 5) is 0. The summed E-state index contributed by atoms with van der Waals surface area (Å²) in [6.45, 7) is 4.15. The number of hydrogen-bond donors (Lipinski definition) is 1. The summed E-state index contributed by atoms with van der Waals surface area (Å²) in [5.41, 5.74) is 3.61. The van der Waals surface area contributed by atoms with Crippen molar-refractivity contribution < 1.29 is 2.51 Å². The maximum absolute atomic E-state index is 4.81. The molecule has 0 aromatic heterocycles. The molecule has 0 bridgehead atoms. The van der Waals surface area contributed by atoms with Crippen molar-refractivity contribution >= 4 is 40.9 Å². The normalized spacial score (nSPS) is 9.92. The van der Waals surface area contributed by atoms with Gasteiger partial charge >= 0.3 is 0 Å². The second-order valence-corrected chi connectivity index (χ2v) is 4.14. The van der Waals surface area contributed by atoms with Gasteiger partial charge in [0.15, 0.2) is 0 Å². The van der Waals surface area contributed by atoms with E-state index in [1.54, 1.807) is 0 Å². The fourth-order valence-corrected chi connectivity index (χ4v) is 1.61. The van der Waals surface area contributed by atoms with E-state index in [9.17, 15) is 0 Å². The van der Waals surface area contributed by atoms with Gasteiger partial charge < -0.3 is 4.72 Å². The van der Waals surface area contributed by atoms with E-state index in [-0.39, 0.29) is 0 Å². The van der Waals surface area contributed by atoms with Crippen molar-refractivity contribution in [2.75, 3.05) is 4.72 Å². The molecule has 1 rings (SSSR count). The zero-order valence-corrected chi connectivity index (χ0v) is 9.90. The molecule has 0 aliphatic carbocycles. The first-order valence-corrected chi connectivity index (χ1v) is 5.14. The van der Waals surface area contributed by atoms with Crippen molar-refractivity contribution in [2.45, 2.75) is 13.8 Å². The van der Waals surface area contributed by atoms with Gasteiger partial charge in [0, 0.05) is 5.69 Å². The fourth-order valence-electron chi connectivity index (χ4n) is 0.989. The first-order valence-electron chi connectivity index (χ1n) is 3.51. The number of benzene rings is 1. The first-order chi connectivity index (χ1) is 5.74. The van der Waals surface area contributed by atoms with Crippen molar-refractivity contribution in [2.24, 2.45) is 0 Å². The van der Waals surface area contributed by atoms with Gasteiger partial charge in [-0.05, 0) is 25.5 Å². The number of nitrogens with one attached hydrogen (secondary N) is 1. The Balaban J connectivity index is 2.72. The highest BCUT2D eigenvalue weighted by atomic mass is 127. The second-order valence-electron chi connectivity index (χ2n) is 2.57. The molecule has 0 aliphatic rings. The average molecular weight is 295 g/mol. The summed E-state index contributed by atoms with van der Waals surface area (Å²) in [7, 11) is 0. The van der Waals surface area contributed by atoms with Gasteiger partial charge in [0.1, 0.15) is 35.2 Å². The van der Waals surface area contributed by atoms with Crippen LogP contribution < -0.4 is 4.72 Å². The Kier molecular flexibility index (Phi) is 4.17. The molecule has 0 heterocycles. The summed E-state index contributed by atoms with van der Waals surface area (Å²) in [5.74, 6) is 0. The lowest BCUT2D eigenvalue weighted by Gasteiger charge is -2.06. The van der Waals surface area contributed by atoms with E-state index in [2.05, 4.69) is 30.7 Å². The molecule has 66 valence electrons. The number of hydrogen-bond acceptors (Lipinski definition) is 3. The molecule has 0 aliphatic heterocycles. The standard InChI is InChI=1S/C8H10INOS/c1-6-3-4-8(7(2)5-6)10-12-11-9/h3-5,10H,1-2H3. The van der Waals surface area contributed by atoms with E-state index in [0.717, 1.165) is 5.69 Å². The number of halogens is 1. The number of aryl methyl sites for hydroxylation is 2. The SMILES string of the molecule is Cc1ccc(NSOI)c(C)c1. The molecule has 1 N–H and O–H groups in total. The lowest BCUT2D eigenvalue weighted by atomic mass is 10.1. The Morgan fingerprint density at radius 2 is 2.17 bits per heavy atom. The summed E-state index contributed by atoms with van der Waals surface area (Å²) in [6, 6.07) is 6.26. The Morgan fingerprint density at radius 3 is 2.75 bits per heavy atom. The van der Waals surface area contributed by atoms with Crippen LogP contribution in [0.2, 0.25) is 0 Å². The highest BCUT2D eigenvalue weighted by Gasteiger charge is 1.96. The van der Waals surface area contributed by atoms with Gasteiger partial charge in [-0.15, -0.1) is 0 Å². The van der Waals surface area contributed by atoms with Crippen molar-refractivity contribution in [3.05, 3.63) is 29.3 Å². The molecule has 0 radical (unpaired) electrons. The van der Waals surface area contributed by atoms with Crippen LogP contribution >= 0.6 is 35.2 Å². The van der Waals surface area contributed by atoms with E-state index in [1.807, 2.05) is 29.1 Å². The minimum absolute atomic E-state index is 1.10.